The van der Waals surface area contributed by atoms with E-state index in [1.165, 1.54) is 19.2 Å². The van der Waals surface area contributed by atoms with Crippen LogP contribution in [0.4, 0.5) is 4.39 Å². The van der Waals surface area contributed by atoms with Crippen molar-refractivity contribution in [1.29, 1.82) is 0 Å². The summed E-state index contributed by atoms with van der Waals surface area (Å²) in [6.45, 7) is 0. The molecule has 0 radical (unpaired) electrons. The largest absolute Gasteiger partial charge is 0.468 e. The van der Waals surface area contributed by atoms with E-state index in [0.29, 0.717) is 5.39 Å². The number of furan rings is 1. The fourth-order valence-electron chi connectivity index (χ4n) is 1.44. The average molecular weight is 223 g/mol. The molecule has 2 rings (SSSR count). The zero-order chi connectivity index (χ0) is 11.7. The van der Waals surface area contributed by atoms with Crippen molar-refractivity contribution in [2.75, 3.05) is 7.11 Å². The van der Waals surface area contributed by atoms with Gasteiger partial charge in [0.2, 0.25) is 0 Å². The van der Waals surface area contributed by atoms with Crippen LogP contribution < -0.4 is 5.73 Å². The Bertz CT molecular complexity index is 535. The number of benzene rings is 1. The zero-order valence-corrected chi connectivity index (χ0v) is 8.57. The van der Waals surface area contributed by atoms with Gasteiger partial charge in [-0.3, -0.25) is 0 Å². The van der Waals surface area contributed by atoms with Gasteiger partial charge in [-0.2, -0.15) is 0 Å². The molecule has 0 aliphatic carbocycles. The van der Waals surface area contributed by atoms with Crippen LogP contribution in [0.1, 0.15) is 11.8 Å². The monoisotopic (exact) mass is 223 g/mol. The van der Waals surface area contributed by atoms with E-state index >= 15 is 0 Å². The second-order valence-corrected chi connectivity index (χ2v) is 3.31. The Morgan fingerprint density at radius 1 is 1.56 bits per heavy atom. The predicted octanol–water partition coefficient (Wildman–Crippen LogP) is 1.74. The lowest BCUT2D eigenvalue weighted by Crippen LogP contribution is -2.21. The number of ether oxygens (including phenoxy) is 1. The van der Waals surface area contributed by atoms with Crippen molar-refractivity contribution >= 4 is 16.9 Å². The van der Waals surface area contributed by atoms with Crippen molar-refractivity contribution in [2.24, 2.45) is 5.73 Å². The van der Waals surface area contributed by atoms with Gasteiger partial charge in [0.05, 0.1) is 7.11 Å². The molecule has 1 atom stereocenters. The highest BCUT2D eigenvalue weighted by Gasteiger charge is 2.21. The third-order valence-corrected chi connectivity index (χ3v) is 2.28. The number of hydrogen-bond donors (Lipinski definition) is 1. The van der Waals surface area contributed by atoms with E-state index in [2.05, 4.69) is 4.74 Å². The zero-order valence-electron chi connectivity index (χ0n) is 8.57. The molecule has 0 fully saturated rings. The van der Waals surface area contributed by atoms with Gasteiger partial charge in [-0.15, -0.1) is 0 Å². The van der Waals surface area contributed by atoms with E-state index in [1.807, 2.05) is 0 Å². The molecule has 1 heterocycles. The molecule has 4 nitrogen and oxygen atoms in total. The van der Waals surface area contributed by atoms with E-state index in [4.69, 9.17) is 10.2 Å². The lowest BCUT2D eigenvalue weighted by molar-refractivity contribution is -0.142. The molecule has 0 bridgehead atoms. The van der Waals surface area contributed by atoms with Crippen LogP contribution in [0.3, 0.4) is 0 Å². The summed E-state index contributed by atoms with van der Waals surface area (Å²) < 4.78 is 23.0. The Morgan fingerprint density at radius 3 is 2.94 bits per heavy atom. The SMILES string of the molecule is COC(=O)C(N)c1cc2cccc(F)c2o1. The van der Waals surface area contributed by atoms with Gasteiger partial charge in [0, 0.05) is 5.39 Å². The average Bonchev–Trinajstić information content (AvgIpc) is 2.72. The molecular formula is C11H10FNO3. The lowest BCUT2D eigenvalue weighted by Gasteiger charge is -2.04. The second-order valence-electron chi connectivity index (χ2n) is 3.31. The number of carbonyl (C=O) groups excluding carboxylic acids is 1. The summed E-state index contributed by atoms with van der Waals surface area (Å²) >= 11 is 0. The minimum atomic E-state index is -1.03. The minimum Gasteiger partial charge on any atom is -0.468 e. The molecule has 0 spiro atoms. The van der Waals surface area contributed by atoms with Crippen molar-refractivity contribution in [2.45, 2.75) is 6.04 Å². The normalized spacial score (nSPS) is 12.7. The van der Waals surface area contributed by atoms with Gasteiger partial charge in [0.1, 0.15) is 5.76 Å². The van der Waals surface area contributed by atoms with Gasteiger partial charge < -0.3 is 14.9 Å². The third-order valence-electron chi connectivity index (χ3n) is 2.28. The van der Waals surface area contributed by atoms with Crippen LogP contribution in [0.25, 0.3) is 11.0 Å². The van der Waals surface area contributed by atoms with Crippen LogP contribution in [-0.4, -0.2) is 13.1 Å². The number of carbonyl (C=O) groups is 1. The number of hydrogen-bond acceptors (Lipinski definition) is 4. The summed E-state index contributed by atoms with van der Waals surface area (Å²) in [5, 5.41) is 0.564. The van der Waals surface area contributed by atoms with Crippen molar-refractivity contribution in [3.05, 3.63) is 35.8 Å². The molecule has 16 heavy (non-hydrogen) atoms. The summed E-state index contributed by atoms with van der Waals surface area (Å²) in [6, 6.07) is 5.01. The molecule has 0 aliphatic heterocycles. The number of methoxy groups -OCH3 is 1. The van der Waals surface area contributed by atoms with Crippen molar-refractivity contribution in [1.82, 2.24) is 0 Å². The Morgan fingerprint density at radius 2 is 2.31 bits per heavy atom. The molecule has 0 saturated carbocycles. The highest BCUT2D eigenvalue weighted by Crippen LogP contribution is 2.25. The summed E-state index contributed by atoms with van der Waals surface area (Å²) in [5.41, 5.74) is 5.67. The van der Waals surface area contributed by atoms with Crippen molar-refractivity contribution in [3.8, 4) is 0 Å². The molecule has 1 aromatic carbocycles. The smallest absolute Gasteiger partial charge is 0.330 e. The Labute approximate surface area is 90.8 Å². The molecule has 2 N–H and O–H groups in total. The quantitative estimate of drug-likeness (QED) is 0.787. The van der Waals surface area contributed by atoms with Gasteiger partial charge >= 0.3 is 5.97 Å². The number of esters is 1. The van der Waals surface area contributed by atoms with E-state index in [0.717, 1.165) is 0 Å². The molecule has 0 amide bonds. The standard InChI is InChI=1S/C11H10FNO3/c1-15-11(14)9(13)8-5-6-3-2-4-7(12)10(6)16-8/h2-5,9H,13H2,1H3. The summed E-state index contributed by atoms with van der Waals surface area (Å²) in [6.07, 6.45) is 0. The van der Waals surface area contributed by atoms with Gasteiger partial charge in [0.25, 0.3) is 0 Å². The maximum Gasteiger partial charge on any atom is 0.330 e. The molecule has 0 saturated heterocycles. The number of fused-ring (bicyclic) bond motifs is 1. The second kappa shape index (κ2) is 3.94. The van der Waals surface area contributed by atoms with Gasteiger partial charge in [-0.05, 0) is 12.1 Å². The van der Waals surface area contributed by atoms with E-state index in [-0.39, 0.29) is 11.3 Å². The third kappa shape index (κ3) is 1.65. The van der Waals surface area contributed by atoms with Crippen molar-refractivity contribution in [3.63, 3.8) is 0 Å². The van der Waals surface area contributed by atoms with Crippen LogP contribution in [0.5, 0.6) is 0 Å². The predicted molar refractivity (Wildman–Crippen MR) is 55.1 cm³/mol. The minimum absolute atomic E-state index is 0.0943. The van der Waals surface area contributed by atoms with Crippen molar-refractivity contribution < 1.29 is 18.3 Å². The summed E-state index contributed by atoms with van der Waals surface area (Å²) in [7, 11) is 1.23. The maximum atomic E-state index is 13.3. The van der Waals surface area contributed by atoms with Crippen LogP contribution in [-0.2, 0) is 9.53 Å². The first-order valence-electron chi connectivity index (χ1n) is 4.65. The topological polar surface area (TPSA) is 65.5 Å². The maximum absolute atomic E-state index is 13.3. The molecule has 0 aliphatic rings. The van der Waals surface area contributed by atoms with E-state index < -0.39 is 17.8 Å². The number of rotatable bonds is 2. The number of para-hydroxylation sites is 1. The fourth-order valence-corrected chi connectivity index (χ4v) is 1.44. The Hall–Kier alpha value is -1.88. The van der Waals surface area contributed by atoms with Gasteiger partial charge in [0.15, 0.2) is 17.4 Å². The molecule has 5 heteroatoms. The highest BCUT2D eigenvalue weighted by atomic mass is 19.1. The van der Waals surface area contributed by atoms with Crippen LogP contribution in [0, 0.1) is 5.82 Å². The highest BCUT2D eigenvalue weighted by molar-refractivity contribution is 5.82. The van der Waals surface area contributed by atoms with Gasteiger partial charge in [-0.25, -0.2) is 9.18 Å². The first-order valence-corrected chi connectivity index (χ1v) is 4.65. The lowest BCUT2D eigenvalue weighted by atomic mass is 10.2. The van der Waals surface area contributed by atoms with Crippen LogP contribution >= 0.6 is 0 Å². The summed E-state index contributed by atoms with van der Waals surface area (Å²) in [5.74, 6) is -0.924. The Kier molecular flexibility index (Phi) is 2.62. The van der Waals surface area contributed by atoms with E-state index in [1.54, 1.807) is 12.1 Å². The van der Waals surface area contributed by atoms with Crippen LogP contribution in [0.15, 0.2) is 28.7 Å². The molecule has 1 unspecified atom stereocenters. The number of halogens is 1. The number of nitrogens with two attached hydrogens (primary N) is 1. The fraction of sp³-hybridized carbons (Fsp3) is 0.182. The summed E-state index contributed by atoms with van der Waals surface area (Å²) in [4.78, 5) is 11.2. The Balaban J connectivity index is 2.47. The molecule has 1 aromatic heterocycles. The van der Waals surface area contributed by atoms with Crippen LogP contribution in [0.2, 0.25) is 0 Å². The molecular weight excluding hydrogens is 213 g/mol. The van der Waals surface area contributed by atoms with Gasteiger partial charge in [-0.1, -0.05) is 12.1 Å². The first kappa shape index (κ1) is 10.6. The first-order chi connectivity index (χ1) is 7.63. The molecule has 84 valence electrons. The van der Waals surface area contributed by atoms with E-state index in [9.17, 15) is 9.18 Å². The molecule has 2 aromatic rings.